The highest BCUT2D eigenvalue weighted by Gasteiger charge is 2.51. The highest BCUT2D eigenvalue weighted by atomic mass is 16.5. The first-order valence-electron chi connectivity index (χ1n) is 22.7. The van der Waals surface area contributed by atoms with Crippen LogP contribution >= 0.6 is 0 Å². The van der Waals surface area contributed by atoms with Crippen LogP contribution in [0.1, 0.15) is 215 Å². The molecule has 310 valence electrons. The molecule has 53 heavy (non-hydrogen) atoms. The second-order valence-electron chi connectivity index (χ2n) is 18.1. The molecular weight excluding hydrogens is 655 g/mol. The van der Waals surface area contributed by atoms with Crippen LogP contribution in [0.15, 0.2) is 23.3 Å². The van der Waals surface area contributed by atoms with Gasteiger partial charge in [-0.3, -0.25) is 9.59 Å². The van der Waals surface area contributed by atoms with Gasteiger partial charge in [-0.05, 0) is 149 Å². The minimum Gasteiger partial charge on any atom is -0.466 e. The van der Waals surface area contributed by atoms with Crippen molar-refractivity contribution in [2.24, 2.45) is 23.2 Å². The molecule has 0 aliphatic heterocycles. The van der Waals surface area contributed by atoms with Crippen molar-refractivity contribution in [3.05, 3.63) is 23.3 Å². The Morgan fingerprint density at radius 3 is 1.45 bits per heavy atom. The van der Waals surface area contributed by atoms with Crippen molar-refractivity contribution in [3.63, 3.8) is 0 Å². The molecule has 0 aromatic heterocycles. The topological polar surface area (TPSA) is 55.8 Å². The molecule has 0 spiro atoms. The fourth-order valence-corrected chi connectivity index (χ4v) is 7.87. The van der Waals surface area contributed by atoms with Gasteiger partial charge in [-0.15, -0.1) is 0 Å². The highest BCUT2D eigenvalue weighted by Crippen LogP contribution is 2.60. The van der Waals surface area contributed by atoms with Crippen molar-refractivity contribution in [2.45, 2.75) is 215 Å². The Kier molecular flexibility index (Phi) is 29.4. The van der Waals surface area contributed by atoms with Gasteiger partial charge in [0.15, 0.2) is 0 Å². The third kappa shape index (κ3) is 29.4. The van der Waals surface area contributed by atoms with E-state index in [0.717, 1.165) is 57.3 Å². The maximum atomic E-state index is 12.1. The first kappa shape index (κ1) is 49.4. The lowest BCUT2D eigenvalue weighted by Crippen LogP contribution is -2.18. The fourth-order valence-electron chi connectivity index (χ4n) is 7.87. The number of nitrogens with zero attached hydrogens (tertiary/aromatic N) is 1. The molecule has 0 radical (unpaired) electrons. The number of carbonyl (C=O) groups is 2. The Labute approximate surface area is 330 Å². The number of hydrogen-bond acceptors (Lipinski definition) is 5. The van der Waals surface area contributed by atoms with Crippen molar-refractivity contribution in [1.29, 1.82) is 0 Å². The molecule has 1 rings (SSSR count). The standard InChI is InChI=1S/C48H89NO4/c1-41(2)26-24-28-43(5)33-38-52-46(50)31-21-17-13-9-10-15-19-23-35-48(36-37-49(7)8)40-45(48)30-20-16-12-11-14-18-22-32-47(51)53-39-34-44(6)29-25-27-42(3)4/h26-27,43-45H,9-25,28-40H2,1-8H3. The second-order valence-corrected chi connectivity index (χ2v) is 18.1. The number of ether oxygens (including phenoxy) is 2. The molecular formula is C48H89NO4. The average Bonchev–Trinajstić information content (AvgIpc) is 3.79. The molecule has 0 bridgehead atoms. The van der Waals surface area contributed by atoms with Crippen LogP contribution in [0.3, 0.4) is 0 Å². The summed E-state index contributed by atoms with van der Waals surface area (Å²) in [5.41, 5.74) is 3.39. The summed E-state index contributed by atoms with van der Waals surface area (Å²) in [5.74, 6) is 2.15. The predicted octanol–water partition coefficient (Wildman–Crippen LogP) is 14.0. The lowest BCUT2D eigenvalue weighted by atomic mass is 9.89. The van der Waals surface area contributed by atoms with Gasteiger partial charge >= 0.3 is 11.9 Å². The summed E-state index contributed by atoms with van der Waals surface area (Å²) in [7, 11) is 4.45. The van der Waals surface area contributed by atoms with Gasteiger partial charge < -0.3 is 14.4 Å². The molecule has 5 heteroatoms. The van der Waals surface area contributed by atoms with Gasteiger partial charge in [-0.25, -0.2) is 0 Å². The van der Waals surface area contributed by atoms with Crippen molar-refractivity contribution in [3.8, 4) is 0 Å². The number of esters is 2. The van der Waals surface area contributed by atoms with Crippen LogP contribution in [-0.2, 0) is 19.1 Å². The molecule has 1 aliphatic carbocycles. The largest absolute Gasteiger partial charge is 0.466 e. The average molecular weight is 744 g/mol. The first-order chi connectivity index (χ1) is 25.4. The SMILES string of the molecule is CC(C)=CCCC(C)CCOC(=O)CCCCCCCCCCC1(CCN(C)C)CC1CCCCCCCCCC(=O)OCCC(C)CCC=C(C)C. The third-order valence-electron chi connectivity index (χ3n) is 11.8. The van der Waals surface area contributed by atoms with Gasteiger partial charge in [-0.2, -0.15) is 0 Å². The molecule has 0 amide bonds. The van der Waals surface area contributed by atoms with Gasteiger partial charge in [0.25, 0.3) is 0 Å². The summed E-state index contributed by atoms with van der Waals surface area (Å²) in [6, 6.07) is 0. The minimum atomic E-state index is -0.00680. The van der Waals surface area contributed by atoms with E-state index in [1.54, 1.807) is 0 Å². The van der Waals surface area contributed by atoms with E-state index >= 15 is 0 Å². The fraction of sp³-hybridized carbons (Fsp3) is 0.875. The molecule has 0 aromatic rings. The highest BCUT2D eigenvalue weighted by molar-refractivity contribution is 5.69. The molecule has 0 aromatic carbocycles. The third-order valence-corrected chi connectivity index (χ3v) is 11.8. The van der Waals surface area contributed by atoms with Crippen LogP contribution in [-0.4, -0.2) is 50.7 Å². The summed E-state index contributed by atoms with van der Waals surface area (Å²) in [4.78, 5) is 26.6. The van der Waals surface area contributed by atoms with E-state index in [1.165, 1.54) is 127 Å². The van der Waals surface area contributed by atoms with E-state index in [2.05, 4.69) is 72.7 Å². The summed E-state index contributed by atoms with van der Waals surface area (Å²) >= 11 is 0. The van der Waals surface area contributed by atoms with E-state index in [-0.39, 0.29) is 11.9 Å². The molecule has 4 unspecified atom stereocenters. The Bertz CT molecular complexity index is 978. The zero-order valence-corrected chi connectivity index (χ0v) is 36.7. The Balaban J connectivity index is 2.03. The maximum absolute atomic E-state index is 12.1. The summed E-state index contributed by atoms with van der Waals surface area (Å²) in [5, 5.41) is 0. The van der Waals surface area contributed by atoms with Crippen molar-refractivity contribution in [1.82, 2.24) is 4.90 Å². The molecule has 5 nitrogen and oxygen atoms in total. The van der Waals surface area contributed by atoms with Crippen molar-refractivity contribution in [2.75, 3.05) is 33.9 Å². The van der Waals surface area contributed by atoms with E-state index in [9.17, 15) is 9.59 Å². The maximum Gasteiger partial charge on any atom is 0.305 e. The Morgan fingerprint density at radius 1 is 0.604 bits per heavy atom. The van der Waals surface area contributed by atoms with Crippen molar-refractivity contribution >= 4 is 11.9 Å². The minimum absolute atomic E-state index is 0.00624. The van der Waals surface area contributed by atoms with Gasteiger partial charge in [0.1, 0.15) is 0 Å². The quantitative estimate of drug-likeness (QED) is 0.0363. The molecule has 0 saturated heterocycles. The summed E-state index contributed by atoms with van der Waals surface area (Å²) in [6.45, 7) is 15.5. The molecule has 4 atom stereocenters. The second kappa shape index (κ2) is 31.6. The predicted molar refractivity (Wildman–Crippen MR) is 228 cm³/mol. The summed E-state index contributed by atoms with van der Waals surface area (Å²) < 4.78 is 11.0. The number of unbranched alkanes of at least 4 members (excludes halogenated alkanes) is 13. The lowest BCUT2D eigenvalue weighted by molar-refractivity contribution is -0.145. The van der Waals surface area contributed by atoms with Gasteiger partial charge in [-0.1, -0.05) is 121 Å². The lowest BCUT2D eigenvalue weighted by Gasteiger charge is -2.20. The smallest absolute Gasteiger partial charge is 0.305 e. The van der Waals surface area contributed by atoms with E-state index in [1.807, 2.05) is 0 Å². The molecule has 1 saturated carbocycles. The number of carbonyl (C=O) groups excluding carboxylic acids is 2. The zero-order chi connectivity index (χ0) is 39.2. The van der Waals surface area contributed by atoms with Crippen LogP contribution in [0.4, 0.5) is 0 Å². The molecule has 0 N–H and O–H groups in total. The van der Waals surface area contributed by atoms with Crippen LogP contribution in [0.5, 0.6) is 0 Å². The van der Waals surface area contributed by atoms with Crippen LogP contribution in [0.2, 0.25) is 0 Å². The Morgan fingerprint density at radius 2 is 1.02 bits per heavy atom. The number of hydrogen-bond donors (Lipinski definition) is 0. The van der Waals surface area contributed by atoms with Crippen LogP contribution < -0.4 is 0 Å². The number of rotatable bonds is 36. The monoisotopic (exact) mass is 744 g/mol. The van der Waals surface area contributed by atoms with E-state index < -0.39 is 0 Å². The van der Waals surface area contributed by atoms with Gasteiger partial charge in [0.05, 0.1) is 13.2 Å². The van der Waals surface area contributed by atoms with Gasteiger partial charge in [0, 0.05) is 12.8 Å². The van der Waals surface area contributed by atoms with Crippen LogP contribution in [0.25, 0.3) is 0 Å². The summed E-state index contributed by atoms with van der Waals surface area (Å²) in [6.07, 6.45) is 36.9. The zero-order valence-electron chi connectivity index (χ0n) is 36.7. The van der Waals surface area contributed by atoms with Crippen LogP contribution in [0, 0.1) is 23.2 Å². The normalized spacial score (nSPS) is 17.7. The van der Waals surface area contributed by atoms with E-state index in [0.29, 0.717) is 43.3 Å². The Hall–Kier alpha value is -1.62. The van der Waals surface area contributed by atoms with Gasteiger partial charge in [0.2, 0.25) is 0 Å². The first-order valence-corrected chi connectivity index (χ1v) is 22.7. The number of allylic oxidation sites excluding steroid dienone is 4. The molecule has 1 fully saturated rings. The van der Waals surface area contributed by atoms with Crippen molar-refractivity contribution < 1.29 is 19.1 Å². The molecule has 1 aliphatic rings. The van der Waals surface area contributed by atoms with E-state index in [4.69, 9.17) is 9.47 Å². The molecule has 0 heterocycles.